The van der Waals surface area contributed by atoms with E-state index in [9.17, 15) is 0 Å². The highest BCUT2D eigenvalue weighted by molar-refractivity contribution is 5.25. The first-order valence-electron chi connectivity index (χ1n) is 6.46. The third-order valence-corrected chi connectivity index (χ3v) is 2.17. The van der Waals surface area contributed by atoms with Crippen LogP contribution in [0.3, 0.4) is 0 Å². The van der Waals surface area contributed by atoms with Crippen LogP contribution in [0, 0.1) is 5.92 Å². The predicted molar refractivity (Wildman–Crippen MR) is 72.9 cm³/mol. The molecule has 108 valence electrons. The number of nitrogen functional groups attached to an aromatic ring is 1. The molecule has 0 radical (unpaired) electrons. The molecule has 0 aliphatic heterocycles. The number of ether oxygens (including phenoxy) is 2. The number of aromatic nitrogens is 3. The minimum Gasteiger partial charge on any atom is -0.461 e. The molecule has 0 fully saturated rings. The smallest absolute Gasteiger partial charge is 0.324 e. The fraction of sp³-hybridized carbons (Fsp3) is 0.750. The standard InChI is InChI=1S/C12H23N5O2/c1-7(2)6-9(5)19-12-15-10(17-13)14-11(16-12)18-8(3)4/h7-9H,6,13H2,1-5H3,(H,14,15,16,17). The van der Waals surface area contributed by atoms with Crippen molar-refractivity contribution in [1.29, 1.82) is 0 Å². The molecule has 0 amide bonds. The van der Waals surface area contributed by atoms with Crippen LogP contribution in [0.2, 0.25) is 0 Å². The summed E-state index contributed by atoms with van der Waals surface area (Å²) in [6.45, 7) is 10.0. The molecular weight excluding hydrogens is 246 g/mol. The minimum absolute atomic E-state index is 0.0138. The fourth-order valence-electron chi connectivity index (χ4n) is 1.61. The summed E-state index contributed by atoms with van der Waals surface area (Å²) < 4.78 is 11.1. The van der Waals surface area contributed by atoms with Gasteiger partial charge in [-0.15, -0.1) is 4.98 Å². The summed E-state index contributed by atoms with van der Waals surface area (Å²) in [4.78, 5) is 12.2. The summed E-state index contributed by atoms with van der Waals surface area (Å²) in [6.07, 6.45) is 0.895. The molecule has 1 unspecified atom stereocenters. The zero-order valence-corrected chi connectivity index (χ0v) is 12.2. The highest BCUT2D eigenvalue weighted by atomic mass is 16.5. The summed E-state index contributed by atoms with van der Waals surface area (Å²) in [6, 6.07) is 0.413. The Morgan fingerprint density at radius 1 is 1.00 bits per heavy atom. The van der Waals surface area contributed by atoms with Crippen LogP contribution in [0.1, 0.15) is 41.0 Å². The second kappa shape index (κ2) is 7.08. The predicted octanol–water partition coefficient (Wildman–Crippen LogP) is 1.76. The van der Waals surface area contributed by atoms with Crippen LogP contribution >= 0.6 is 0 Å². The maximum atomic E-state index is 5.65. The van der Waals surface area contributed by atoms with Gasteiger partial charge >= 0.3 is 12.0 Å². The van der Waals surface area contributed by atoms with Crippen molar-refractivity contribution < 1.29 is 9.47 Å². The van der Waals surface area contributed by atoms with Crippen LogP contribution in [0.15, 0.2) is 0 Å². The molecule has 1 rings (SSSR count). The second-order valence-electron chi connectivity index (χ2n) is 5.09. The molecule has 0 aromatic carbocycles. The van der Waals surface area contributed by atoms with E-state index in [2.05, 4.69) is 34.2 Å². The van der Waals surface area contributed by atoms with E-state index in [0.29, 0.717) is 5.92 Å². The van der Waals surface area contributed by atoms with Gasteiger partial charge in [0.15, 0.2) is 0 Å². The Morgan fingerprint density at radius 3 is 2.05 bits per heavy atom. The summed E-state index contributed by atoms with van der Waals surface area (Å²) in [5.41, 5.74) is 2.37. The summed E-state index contributed by atoms with van der Waals surface area (Å²) in [5, 5.41) is 0. The van der Waals surface area contributed by atoms with E-state index in [1.54, 1.807) is 0 Å². The molecular formula is C12H23N5O2. The Labute approximate surface area is 113 Å². The largest absolute Gasteiger partial charge is 0.461 e. The second-order valence-corrected chi connectivity index (χ2v) is 5.09. The lowest BCUT2D eigenvalue weighted by atomic mass is 10.1. The van der Waals surface area contributed by atoms with Crippen molar-refractivity contribution in [3.05, 3.63) is 0 Å². The quantitative estimate of drug-likeness (QED) is 0.575. The number of hydrogen-bond donors (Lipinski definition) is 2. The molecule has 0 spiro atoms. The molecule has 7 nitrogen and oxygen atoms in total. The molecule has 0 saturated carbocycles. The lowest BCUT2D eigenvalue weighted by molar-refractivity contribution is 0.168. The number of nitrogens with one attached hydrogen (secondary N) is 1. The van der Waals surface area contributed by atoms with Gasteiger partial charge in [0.1, 0.15) is 0 Å². The Morgan fingerprint density at radius 2 is 1.58 bits per heavy atom. The molecule has 0 bridgehead atoms. The van der Waals surface area contributed by atoms with Crippen molar-refractivity contribution in [2.75, 3.05) is 5.43 Å². The van der Waals surface area contributed by atoms with E-state index >= 15 is 0 Å². The minimum atomic E-state index is -0.0334. The first-order valence-corrected chi connectivity index (χ1v) is 6.46. The average molecular weight is 269 g/mol. The average Bonchev–Trinajstić information content (AvgIpc) is 2.26. The van der Waals surface area contributed by atoms with Gasteiger partial charge < -0.3 is 9.47 Å². The molecule has 1 aromatic heterocycles. The lowest BCUT2D eigenvalue weighted by Gasteiger charge is -2.16. The Hall–Kier alpha value is -1.63. The monoisotopic (exact) mass is 269 g/mol. The molecule has 3 N–H and O–H groups in total. The molecule has 1 heterocycles. The van der Waals surface area contributed by atoms with Gasteiger partial charge in [-0.2, -0.15) is 9.97 Å². The van der Waals surface area contributed by atoms with Crippen molar-refractivity contribution in [1.82, 2.24) is 15.0 Å². The van der Waals surface area contributed by atoms with Crippen molar-refractivity contribution in [2.24, 2.45) is 11.8 Å². The van der Waals surface area contributed by atoms with Crippen LogP contribution in [0.5, 0.6) is 12.0 Å². The first-order chi connectivity index (χ1) is 8.90. The van der Waals surface area contributed by atoms with E-state index in [0.717, 1.165) is 6.42 Å². The highest BCUT2D eigenvalue weighted by Crippen LogP contribution is 2.16. The van der Waals surface area contributed by atoms with Crippen LogP contribution in [0.25, 0.3) is 0 Å². The van der Waals surface area contributed by atoms with Gasteiger partial charge in [0.2, 0.25) is 5.95 Å². The van der Waals surface area contributed by atoms with Crippen molar-refractivity contribution in [3.63, 3.8) is 0 Å². The SMILES string of the molecule is CC(C)CC(C)Oc1nc(NN)nc(OC(C)C)n1. The Bertz CT molecular complexity index is 398. The number of hydrogen-bond acceptors (Lipinski definition) is 7. The van der Waals surface area contributed by atoms with Gasteiger partial charge in [-0.3, -0.25) is 5.43 Å². The number of nitrogens with two attached hydrogens (primary N) is 1. The number of rotatable bonds is 7. The third kappa shape index (κ3) is 5.69. The number of hydrazine groups is 1. The van der Waals surface area contributed by atoms with Gasteiger partial charge in [-0.05, 0) is 33.1 Å². The van der Waals surface area contributed by atoms with E-state index in [-0.39, 0.29) is 30.2 Å². The van der Waals surface area contributed by atoms with Gasteiger partial charge in [-0.1, -0.05) is 13.8 Å². The Balaban J connectivity index is 2.81. The fourth-order valence-corrected chi connectivity index (χ4v) is 1.61. The first kappa shape index (κ1) is 15.4. The van der Waals surface area contributed by atoms with Gasteiger partial charge in [0.05, 0.1) is 12.2 Å². The van der Waals surface area contributed by atoms with Crippen molar-refractivity contribution in [2.45, 2.75) is 53.2 Å². The van der Waals surface area contributed by atoms with E-state index < -0.39 is 0 Å². The molecule has 1 atom stereocenters. The van der Waals surface area contributed by atoms with Crippen molar-refractivity contribution in [3.8, 4) is 12.0 Å². The zero-order chi connectivity index (χ0) is 14.4. The third-order valence-electron chi connectivity index (χ3n) is 2.17. The normalized spacial score (nSPS) is 12.6. The summed E-state index contributed by atoms with van der Waals surface area (Å²) in [7, 11) is 0. The maximum Gasteiger partial charge on any atom is 0.324 e. The molecule has 0 saturated heterocycles. The van der Waals surface area contributed by atoms with E-state index in [4.69, 9.17) is 15.3 Å². The summed E-state index contributed by atoms with van der Waals surface area (Å²) >= 11 is 0. The summed E-state index contributed by atoms with van der Waals surface area (Å²) in [5.74, 6) is 6.07. The number of anilines is 1. The maximum absolute atomic E-state index is 5.65. The van der Waals surface area contributed by atoms with Crippen LogP contribution in [-0.4, -0.2) is 27.2 Å². The van der Waals surface area contributed by atoms with E-state index in [1.807, 2.05) is 20.8 Å². The topological polar surface area (TPSA) is 95.2 Å². The van der Waals surface area contributed by atoms with Gasteiger partial charge in [0.25, 0.3) is 0 Å². The van der Waals surface area contributed by atoms with Crippen LogP contribution < -0.4 is 20.7 Å². The van der Waals surface area contributed by atoms with Crippen molar-refractivity contribution >= 4 is 5.95 Å². The van der Waals surface area contributed by atoms with Crippen LogP contribution in [-0.2, 0) is 0 Å². The molecule has 0 aliphatic carbocycles. The Kier molecular flexibility index (Phi) is 5.75. The lowest BCUT2D eigenvalue weighted by Crippen LogP contribution is -2.19. The molecule has 7 heteroatoms. The molecule has 0 aliphatic rings. The molecule has 19 heavy (non-hydrogen) atoms. The van der Waals surface area contributed by atoms with Gasteiger partial charge in [-0.25, -0.2) is 5.84 Å². The highest BCUT2D eigenvalue weighted by Gasteiger charge is 2.13. The number of nitrogens with zero attached hydrogens (tertiary/aromatic N) is 3. The van der Waals surface area contributed by atoms with Crippen LogP contribution in [0.4, 0.5) is 5.95 Å². The van der Waals surface area contributed by atoms with Gasteiger partial charge in [0, 0.05) is 0 Å². The van der Waals surface area contributed by atoms with E-state index in [1.165, 1.54) is 0 Å². The molecule has 1 aromatic rings. The zero-order valence-electron chi connectivity index (χ0n) is 12.2.